The first kappa shape index (κ1) is 15.0. The van der Waals surface area contributed by atoms with E-state index in [0.29, 0.717) is 28.2 Å². The quantitative estimate of drug-likeness (QED) is 0.757. The lowest BCUT2D eigenvalue weighted by molar-refractivity contribution is 0.0949. The Balaban J connectivity index is 1.41. The third-order valence-corrected chi connectivity index (χ3v) is 4.79. The minimum absolute atomic E-state index is 0.148. The van der Waals surface area contributed by atoms with Gasteiger partial charge in [-0.15, -0.1) is 11.3 Å². The van der Waals surface area contributed by atoms with E-state index in [0.717, 1.165) is 29.3 Å². The van der Waals surface area contributed by atoms with Gasteiger partial charge in [-0.05, 0) is 26.7 Å². The molecule has 1 fully saturated rings. The van der Waals surface area contributed by atoms with Gasteiger partial charge in [0.2, 0.25) is 11.7 Å². The number of rotatable bonds is 5. The van der Waals surface area contributed by atoms with Crippen molar-refractivity contribution in [3.05, 3.63) is 33.3 Å². The highest BCUT2D eigenvalue weighted by Crippen LogP contribution is 2.40. The van der Waals surface area contributed by atoms with E-state index >= 15 is 0 Å². The number of thiazole rings is 1. The second kappa shape index (κ2) is 5.82. The van der Waals surface area contributed by atoms with E-state index in [1.807, 2.05) is 19.9 Å². The zero-order chi connectivity index (χ0) is 16.7. The average molecular weight is 345 g/mol. The normalized spacial score (nSPS) is 14.1. The number of hydrogen-bond donors (Lipinski definition) is 1. The topological polar surface area (TPSA) is 107 Å². The Morgan fingerprint density at radius 3 is 2.83 bits per heavy atom. The van der Waals surface area contributed by atoms with Crippen LogP contribution in [0.5, 0.6) is 0 Å². The number of amides is 1. The molecule has 3 heterocycles. The lowest BCUT2D eigenvalue weighted by atomic mass is 10.3. The molecule has 0 bridgehead atoms. The van der Waals surface area contributed by atoms with Gasteiger partial charge in [-0.25, -0.2) is 4.98 Å². The zero-order valence-electron chi connectivity index (χ0n) is 13.2. The lowest BCUT2D eigenvalue weighted by Gasteiger charge is -1.99. The van der Waals surface area contributed by atoms with Crippen molar-refractivity contribution in [1.82, 2.24) is 25.6 Å². The molecule has 0 aromatic carbocycles. The van der Waals surface area contributed by atoms with Crippen LogP contribution in [0, 0.1) is 13.8 Å². The summed E-state index contributed by atoms with van der Waals surface area (Å²) in [4.78, 5) is 21.2. The molecule has 1 amide bonds. The standard InChI is InChI=1S/C15H15N5O3S/c1-7-13(24-8(2)17-7)15(21)16-6-12-18-14(20-23-12)10-5-11(22-19-10)9-3-4-9/h5,9H,3-4,6H2,1-2H3,(H,16,21). The zero-order valence-corrected chi connectivity index (χ0v) is 14.0. The first-order chi connectivity index (χ1) is 11.6. The smallest absolute Gasteiger partial charge is 0.263 e. The van der Waals surface area contributed by atoms with Crippen molar-refractivity contribution in [2.75, 3.05) is 0 Å². The van der Waals surface area contributed by atoms with Crippen molar-refractivity contribution in [3.8, 4) is 11.5 Å². The van der Waals surface area contributed by atoms with Crippen LogP contribution in [0.15, 0.2) is 15.1 Å². The summed E-state index contributed by atoms with van der Waals surface area (Å²) in [5, 5.41) is 11.5. The van der Waals surface area contributed by atoms with Crippen LogP contribution in [0.4, 0.5) is 0 Å². The number of carbonyl (C=O) groups excluding carboxylic acids is 1. The first-order valence-electron chi connectivity index (χ1n) is 7.62. The molecule has 0 aliphatic heterocycles. The van der Waals surface area contributed by atoms with E-state index in [4.69, 9.17) is 9.05 Å². The monoisotopic (exact) mass is 345 g/mol. The summed E-state index contributed by atoms with van der Waals surface area (Å²) < 4.78 is 10.4. The largest absolute Gasteiger partial charge is 0.360 e. The molecule has 0 saturated heterocycles. The predicted molar refractivity (Wildman–Crippen MR) is 84.5 cm³/mol. The molecule has 0 atom stereocenters. The second-order valence-corrected chi connectivity index (χ2v) is 6.93. The molecule has 124 valence electrons. The summed E-state index contributed by atoms with van der Waals surface area (Å²) >= 11 is 1.36. The molecule has 1 N–H and O–H groups in total. The molecular weight excluding hydrogens is 330 g/mol. The summed E-state index contributed by atoms with van der Waals surface area (Å²) in [7, 11) is 0. The van der Waals surface area contributed by atoms with E-state index in [1.54, 1.807) is 0 Å². The fraction of sp³-hybridized carbons (Fsp3) is 0.400. The van der Waals surface area contributed by atoms with Crippen LogP contribution in [-0.4, -0.2) is 26.2 Å². The van der Waals surface area contributed by atoms with Crippen molar-refractivity contribution in [2.45, 2.75) is 39.2 Å². The van der Waals surface area contributed by atoms with Crippen molar-refractivity contribution in [2.24, 2.45) is 0 Å². The van der Waals surface area contributed by atoms with Crippen LogP contribution in [-0.2, 0) is 6.54 Å². The Morgan fingerprint density at radius 1 is 1.29 bits per heavy atom. The Morgan fingerprint density at radius 2 is 2.12 bits per heavy atom. The number of aromatic nitrogens is 4. The summed E-state index contributed by atoms with van der Waals surface area (Å²) in [5.41, 5.74) is 1.27. The van der Waals surface area contributed by atoms with E-state index in [9.17, 15) is 4.79 Å². The van der Waals surface area contributed by atoms with Crippen molar-refractivity contribution < 1.29 is 13.8 Å². The van der Waals surface area contributed by atoms with Gasteiger partial charge < -0.3 is 14.4 Å². The summed E-state index contributed by atoms with van der Waals surface area (Å²) in [6.45, 7) is 3.83. The van der Waals surface area contributed by atoms with Gasteiger partial charge >= 0.3 is 0 Å². The Hall–Kier alpha value is -2.55. The molecule has 0 spiro atoms. The van der Waals surface area contributed by atoms with Gasteiger partial charge in [0.05, 0.1) is 17.2 Å². The molecule has 8 nitrogen and oxygen atoms in total. The van der Waals surface area contributed by atoms with Crippen molar-refractivity contribution in [1.29, 1.82) is 0 Å². The van der Waals surface area contributed by atoms with Crippen LogP contribution in [0.3, 0.4) is 0 Å². The van der Waals surface area contributed by atoms with Gasteiger partial charge in [0, 0.05) is 12.0 Å². The van der Waals surface area contributed by atoms with Gasteiger partial charge in [-0.2, -0.15) is 4.98 Å². The molecule has 3 aromatic heterocycles. The maximum Gasteiger partial charge on any atom is 0.263 e. The summed E-state index contributed by atoms with van der Waals surface area (Å²) in [6, 6.07) is 1.84. The van der Waals surface area contributed by atoms with Gasteiger partial charge in [0.25, 0.3) is 5.91 Å². The van der Waals surface area contributed by atoms with Crippen LogP contribution >= 0.6 is 11.3 Å². The van der Waals surface area contributed by atoms with Gasteiger partial charge in [-0.1, -0.05) is 10.3 Å². The lowest BCUT2D eigenvalue weighted by Crippen LogP contribution is -2.22. The maximum atomic E-state index is 12.2. The van der Waals surface area contributed by atoms with E-state index < -0.39 is 0 Å². The number of hydrogen-bond acceptors (Lipinski definition) is 8. The van der Waals surface area contributed by atoms with Crippen LogP contribution in [0.2, 0.25) is 0 Å². The molecule has 3 aromatic rings. The number of nitrogens with zero attached hydrogens (tertiary/aromatic N) is 4. The molecule has 1 saturated carbocycles. The van der Waals surface area contributed by atoms with Gasteiger partial charge in [0.1, 0.15) is 10.6 Å². The van der Waals surface area contributed by atoms with Crippen LogP contribution < -0.4 is 5.32 Å². The molecule has 0 unspecified atom stereocenters. The molecular formula is C15H15N5O3S. The molecule has 9 heteroatoms. The Bertz CT molecular complexity index is 893. The van der Waals surface area contributed by atoms with Crippen molar-refractivity contribution in [3.63, 3.8) is 0 Å². The Kier molecular flexibility index (Phi) is 3.64. The third-order valence-electron chi connectivity index (χ3n) is 3.72. The summed E-state index contributed by atoms with van der Waals surface area (Å²) in [5.74, 6) is 1.81. The maximum absolute atomic E-state index is 12.2. The average Bonchev–Trinajstić information content (AvgIpc) is 2.98. The predicted octanol–water partition coefficient (Wildman–Crippen LogP) is 2.61. The fourth-order valence-corrected chi connectivity index (χ4v) is 3.20. The highest BCUT2D eigenvalue weighted by Gasteiger charge is 2.28. The summed E-state index contributed by atoms with van der Waals surface area (Å²) in [6.07, 6.45) is 2.27. The fourth-order valence-electron chi connectivity index (χ4n) is 2.36. The van der Waals surface area contributed by atoms with Crippen LogP contribution in [0.25, 0.3) is 11.5 Å². The number of aryl methyl sites for hydroxylation is 2. The van der Waals surface area contributed by atoms with E-state index in [-0.39, 0.29) is 12.5 Å². The number of carbonyl (C=O) groups is 1. The van der Waals surface area contributed by atoms with Crippen molar-refractivity contribution >= 4 is 17.2 Å². The van der Waals surface area contributed by atoms with Gasteiger partial charge in [0.15, 0.2) is 5.69 Å². The second-order valence-electron chi connectivity index (χ2n) is 5.73. The molecule has 1 aliphatic carbocycles. The minimum Gasteiger partial charge on any atom is -0.360 e. The Labute approximate surface area is 141 Å². The molecule has 4 rings (SSSR count). The minimum atomic E-state index is -0.199. The molecule has 24 heavy (non-hydrogen) atoms. The van der Waals surface area contributed by atoms with E-state index in [1.165, 1.54) is 11.3 Å². The van der Waals surface area contributed by atoms with Crippen LogP contribution in [0.1, 0.15) is 50.8 Å². The first-order valence-corrected chi connectivity index (χ1v) is 8.43. The third kappa shape index (κ3) is 2.94. The van der Waals surface area contributed by atoms with Gasteiger partial charge in [-0.3, -0.25) is 4.79 Å². The molecule has 1 aliphatic rings. The molecule has 0 radical (unpaired) electrons. The highest BCUT2D eigenvalue weighted by molar-refractivity contribution is 7.13. The number of nitrogens with one attached hydrogen (secondary N) is 1. The highest BCUT2D eigenvalue weighted by atomic mass is 32.1. The SMILES string of the molecule is Cc1nc(C)c(C(=O)NCc2nc(-c3cc(C4CC4)on3)no2)s1. The van der Waals surface area contributed by atoms with E-state index in [2.05, 4.69) is 25.6 Å².